The SMILES string of the molecule is COC(=O)c1ccc(N)c(N)c1Cc1ccc(-c2ccccc2C(N)=O)cc1. The average Bonchev–Trinajstić information content (AvgIpc) is 2.71. The number of ether oxygens (including phenoxy) is 1. The monoisotopic (exact) mass is 375 g/mol. The Balaban J connectivity index is 1.96. The molecule has 0 fully saturated rings. The molecule has 0 atom stereocenters. The molecule has 0 bridgehead atoms. The summed E-state index contributed by atoms with van der Waals surface area (Å²) in [4.78, 5) is 23.7. The minimum absolute atomic E-state index is 0.367. The van der Waals surface area contributed by atoms with E-state index in [1.54, 1.807) is 24.3 Å². The third-order valence-electron chi connectivity index (χ3n) is 4.63. The number of carbonyl (C=O) groups is 2. The highest BCUT2D eigenvalue weighted by molar-refractivity contribution is 5.99. The molecular formula is C22H21N3O3. The van der Waals surface area contributed by atoms with Crippen molar-refractivity contribution in [1.82, 2.24) is 0 Å². The van der Waals surface area contributed by atoms with Crippen LogP contribution in [0.25, 0.3) is 11.1 Å². The molecule has 142 valence electrons. The van der Waals surface area contributed by atoms with E-state index in [9.17, 15) is 9.59 Å². The van der Waals surface area contributed by atoms with Crippen LogP contribution in [0.1, 0.15) is 31.8 Å². The van der Waals surface area contributed by atoms with Crippen LogP contribution < -0.4 is 17.2 Å². The summed E-state index contributed by atoms with van der Waals surface area (Å²) in [5.74, 6) is -0.941. The lowest BCUT2D eigenvalue weighted by atomic mass is 9.94. The van der Waals surface area contributed by atoms with E-state index < -0.39 is 11.9 Å². The molecule has 1 amide bonds. The molecule has 3 aromatic rings. The third-order valence-corrected chi connectivity index (χ3v) is 4.63. The molecule has 0 unspecified atom stereocenters. The second-order valence-electron chi connectivity index (χ2n) is 6.37. The smallest absolute Gasteiger partial charge is 0.338 e. The van der Waals surface area contributed by atoms with Crippen molar-refractivity contribution in [2.24, 2.45) is 5.73 Å². The summed E-state index contributed by atoms with van der Waals surface area (Å²) >= 11 is 0. The van der Waals surface area contributed by atoms with Crippen molar-refractivity contribution in [2.45, 2.75) is 6.42 Å². The first kappa shape index (κ1) is 19.0. The van der Waals surface area contributed by atoms with Crippen LogP contribution in [0.3, 0.4) is 0 Å². The summed E-state index contributed by atoms with van der Waals surface area (Å²) in [6.07, 6.45) is 0.416. The van der Waals surface area contributed by atoms with Crippen molar-refractivity contribution in [3.8, 4) is 11.1 Å². The number of benzene rings is 3. The van der Waals surface area contributed by atoms with Crippen molar-refractivity contribution in [3.63, 3.8) is 0 Å². The van der Waals surface area contributed by atoms with E-state index in [2.05, 4.69) is 0 Å². The van der Waals surface area contributed by atoms with Crippen LogP contribution in [0.5, 0.6) is 0 Å². The van der Waals surface area contributed by atoms with Crippen molar-refractivity contribution >= 4 is 23.3 Å². The van der Waals surface area contributed by atoms with E-state index in [1.807, 2.05) is 36.4 Å². The number of amides is 1. The molecule has 6 N–H and O–H groups in total. The highest BCUT2D eigenvalue weighted by Gasteiger charge is 2.17. The van der Waals surface area contributed by atoms with Gasteiger partial charge < -0.3 is 21.9 Å². The fraction of sp³-hybridized carbons (Fsp3) is 0.0909. The Morgan fingerprint density at radius 1 is 0.893 bits per heavy atom. The highest BCUT2D eigenvalue weighted by Crippen LogP contribution is 2.29. The molecule has 0 heterocycles. The number of anilines is 2. The lowest BCUT2D eigenvalue weighted by Gasteiger charge is -2.14. The van der Waals surface area contributed by atoms with Crippen LogP contribution in [0.2, 0.25) is 0 Å². The summed E-state index contributed by atoms with van der Waals surface area (Å²) in [6, 6.07) is 18.0. The molecule has 0 spiro atoms. The van der Waals surface area contributed by atoms with Crippen LogP contribution in [-0.4, -0.2) is 19.0 Å². The van der Waals surface area contributed by atoms with Gasteiger partial charge >= 0.3 is 5.97 Å². The average molecular weight is 375 g/mol. The summed E-state index contributed by atoms with van der Waals surface area (Å²) < 4.78 is 4.84. The van der Waals surface area contributed by atoms with E-state index in [4.69, 9.17) is 21.9 Å². The number of esters is 1. The van der Waals surface area contributed by atoms with Gasteiger partial charge in [0.2, 0.25) is 5.91 Å². The summed E-state index contributed by atoms with van der Waals surface area (Å²) in [7, 11) is 1.32. The molecule has 0 saturated carbocycles. The highest BCUT2D eigenvalue weighted by atomic mass is 16.5. The molecular weight excluding hydrogens is 354 g/mol. The Labute approximate surface area is 162 Å². The van der Waals surface area contributed by atoms with Crippen LogP contribution >= 0.6 is 0 Å². The first-order valence-electron chi connectivity index (χ1n) is 8.65. The van der Waals surface area contributed by atoms with Crippen LogP contribution in [-0.2, 0) is 11.2 Å². The van der Waals surface area contributed by atoms with Gasteiger partial charge in [-0.2, -0.15) is 0 Å². The van der Waals surface area contributed by atoms with Crippen LogP contribution in [0, 0.1) is 0 Å². The standard InChI is InChI=1S/C22H21N3O3/c1-28-22(27)17-10-11-19(23)20(24)18(17)12-13-6-8-14(9-7-13)15-4-2-3-5-16(15)21(25)26/h2-11H,12,23-24H2,1H3,(H2,25,26). The van der Waals surface area contributed by atoms with Crippen molar-refractivity contribution in [2.75, 3.05) is 18.6 Å². The van der Waals surface area contributed by atoms with E-state index in [-0.39, 0.29) is 0 Å². The molecule has 3 aromatic carbocycles. The molecule has 0 aliphatic carbocycles. The second-order valence-corrected chi connectivity index (χ2v) is 6.37. The maximum atomic E-state index is 12.1. The van der Waals surface area contributed by atoms with E-state index in [0.717, 1.165) is 16.7 Å². The normalized spacial score (nSPS) is 10.5. The molecule has 0 saturated heterocycles. The number of hydrogen-bond donors (Lipinski definition) is 3. The number of rotatable bonds is 5. The number of hydrogen-bond acceptors (Lipinski definition) is 5. The van der Waals surface area contributed by atoms with E-state index >= 15 is 0 Å². The Bertz CT molecular complexity index is 1040. The molecule has 3 rings (SSSR count). The lowest BCUT2D eigenvalue weighted by Crippen LogP contribution is -2.12. The zero-order valence-corrected chi connectivity index (χ0v) is 15.4. The topological polar surface area (TPSA) is 121 Å². The number of primary amides is 1. The number of nitrogen functional groups attached to an aromatic ring is 2. The Morgan fingerprint density at radius 3 is 2.21 bits per heavy atom. The third kappa shape index (κ3) is 3.66. The fourth-order valence-corrected chi connectivity index (χ4v) is 3.13. The Morgan fingerprint density at radius 2 is 1.57 bits per heavy atom. The van der Waals surface area contributed by atoms with Gasteiger partial charge in [0, 0.05) is 12.0 Å². The first-order chi connectivity index (χ1) is 13.4. The number of nitrogens with two attached hydrogens (primary N) is 3. The largest absolute Gasteiger partial charge is 0.465 e. The van der Waals surface area contributed by atoms with Gasteiger partial charge in [-0.15, -0.1) is 0 Å². The second kappa shape index (κ2) is 7.84. The Hall–Kier alpha value is -3.80. The van der Waals surface area contributed by atoms with E-state index in [1.165, 1.54) is 7.11 Å². The number of carbonyl (C=O) groups excluding carboxylic acids is 2. The Kier molecular flexibility index (Phi) is 5.31. The maximum Gasteiger partial charge on any atom is 0.338 e. The fourth-order valence-electron chi connectivity index (χ4n) is 3.13. The minimum atomic E-state index is -0.477. The predicted octanol–water partition coefficient (Wildman–Crippen LogP) is 2.99. The minimum Gasteiger partial charge on any atom is -0.465 e. The first-order valence-corrected chi connectivity index (χ1v) is 8.65. The van der Waals surface area contributed by atoms with Gasteiger partial charge in [0.05, 0.1) is 24.0 Å². The van der Waals surface area contributed by atoms with Gasteiger partial charge in [-0.25, -0.2) is 4.79 Å². The summed E-state index contributed by atoms with van der Waals surface area (Å²) in [6.45, 7) is 0. The number of methoxy groups -OCH3 is 1. The molecule has 28 heavy (non-hydrogen) atoms. The predicted molar refractivity (Wildman–Crippen MR) is 110 cm³/mol. The van der Waals surface area contributed by atoms with Gasteiger partial charge in [-0.1, -0.05) is 42.5 Å². The molecule has 0 aromatic heterocycles. The summed E-state index contributed by atoms with van der Waals surface area (Å²) in [5, 5.41) is 0. The zero-order valence-electron chi connectivity index (χ0n) is 15.4. The lowest BCUT2D eigenvalue weighted by molar-refractivity contribution is 0.0599. The van der Waals surface area contributed by atoms with Crippen LogP contribution in [0.4, 0.5) is 11.4 Å². The van der Waals surface area contributed by atoms with Gasteiger partial charge in [-0.3, -0.25) is 4.79 Å². The molecule has 0 aliphatic rings. The molecule has 6 heteroatoms. The maximum absolute atomic E-state index is 12.1. The summed E-state index contributed by atoms with van der Waals surface area (Å²) in [5.41, 5.74) is 22.3. The van der Waals surface area contributed by atoms with Crippen molar-refractivity contribution < 1.29 is 14.3 Å². The van der Waals surface area contributed by atoms with Crippen LogP contribution in [0.15, 0.2) is 60.7 Å². The quantitative estimate of drug-likeness (QED) is 0.467. The van der Waals surface area contributed by atoms with Gasteiger partial charge in [0.15, 0.2) is 0 Å². The molecule has 0 radical (unpaired) electrons. The molecule has 0 aliphatic heterocycles. The van der Waals surface area contributed by atoms with Gasteiger partial charge in [0.25, 0.3) is 0 Å². The van der Waals surface area contributed by atoms with Crippen molar-refractivity contribution in [1.29, 1.82) is 0 Å². The van der Waals surface area contributed by atoms with Crippen molar-refractivity contribution in [3.05, 3.63) is 82.9 Å². The molecule has 6 nitrogen and oxygen atoms in total. The van der Waals surface area contributed by atoms with Gasteiger partial charge in [-0.05, 0) is 40.5 Å². The van der Waals surface area contributed by atoms with E-state index in [0.29, 0.717) is 34.5 Å². The van der Waals surface area contributed by atoms with Gasteiger partial charge in [0.1, 0.15) is 0 Å². The zero-order chi connectivity index (χ0) is 20.3.